The fourth-order valence-corrected chi connectivity index (χ4v) is 5.76. The van der Waals surface area contributed by atoms with Crippen molar-refractivity contribution in [3.8, 4) is 29.1 Å². The first-order valence-corrected chi connectivity index (χ1v) is 13.1. The summed E-state index contributed by atoms with van der Waals surface area (Å²) in [7, 11) is 2.97. The SMILES string of the molecule is COc1ccc(NC(=O)C2=c3s/c(=C\c4ccc(O)cc4)c(=O)n3C(N)=C(C#N)C2c2ccc(O)cc2)c(OC)c1. The van der Waals surface area contributed by atoms with Gasteiger partial charge in [-0.2, -0.15) is 5.26 Å². The van der Waals surface area contributed by atoms with E-state index in [9.17, 15) is 25.1 Å². The third kappa shape index (κ3) is 4.99. The van der Waals surface area contributed by atoms with E-state index >= 15 is 0 Å². The Morgan fingerprint density at radius 2 is 1.71 bits per heavy atom. The number of aromatic nitrogens is 1. The van der Waals surface area contributed by atoms with Crippen LogP contribution in [0.5, 0.6) is 23.0 Å². The average Bonchev–Trinajstić information content (AvgIpc) is 3.30. The summed E-state index contributed by atoms with van der Waals surface area (Å²) in [6.45, 7) is 0. The summed E-state index contributed by atoms with van der Waals surface area (Å²) in [5.41, 5.74) is 7.56. The van der Waals surface area contributed by atoms with E-state index in [1.807, 2.05) is 0 Å². The van der Waals surface area contributed by atoms with Gasteiger partial charge in [0.15, 0.2) is 0 Å². The summed E-state index contributed by atoms with van der Waals surface area (Å²) >= 11 is 1.05. The number of rotatable bonds is 6. The van der Waals surface area contributed by atoms with Crippen molar-refractivity contribution in [3.05, 3.63) is 103 Å². The van der Waals surface area contributed by atoms with Crippen molar-refractivity contribution in [1.29, 1.82) is 5.26 Å². The van der Waals surface area contributed by atoms with E-state index in [1.165, 1.54) is 43.1 Å². The molecule has 0 radical (unpaired) electrons. The van der Waals surface area contributed by atoms with Crippen LogP contribution in [0.2, 0.25) is 0 Å². The highest BCUT2D eigenvalue weighted by atomic mass is 32.1. The Bertz CT molecular complexity index is 1920. The summed E-state index contributed by atoms with van der Waals surface area (Å²) in [5, 5.41) is 32.6. The number of fused-ring (bicyclic) bond motifs is 1. The Morgan fingerprint density at radius 1 is 1.05 bits per heavy atom. The summed E-state index contributed by atoms with van der Waals surface area (Å²) in [4.78, 5) is 27.7. The van der Waals surface area contributed by atoms with Crippen molar-refractivity contribution in [2.75, 3.05) is 19.5 Å². The number of aromatic hydroxyl groups is 2. The van der Waals surface area contributed by atoms with Crippen molar-refractivity contribution >= 4 is 40.4 Å². The first kappa shape index (κ1) is 27.1. The van der Waals surface area contributed by atoms with Crippen LogP contribution in [0.4, 0.5) is 5.69 Å². The maximum atomic E-state index is 14.1. The molecule has 0 fully saturated rings. The molecule has 1 aliphatic rings. The zero-order chi connectivity index (χ0) is 29.3. The lowest BCUT2D eigenvalue weighted by Crippen LogP contribution is -2.40. The van der Waals surface area contributed by atoms with E-state index in [1.54, 1.807) is 48.5 Å². The van der Waals surface area contributed by atoms with Gasteiger partial charge in [0, 0.05) is 6.07 Å². The Kier molecular flexibility index (Phi) is 7.24. The van der Waals surface area contributed by atoms with Crippen LogP contribution >= 0.6 is 11.3 Å². The molecule has 1 atom stereocenters. The number of benzene rings is 3. The zero-order valence-electron chi connectivity index (χ0n) is 21.9. The number of nitriles is 1. The summed E-state index contributed by atoms with van der Waals surface area (Å²) in [6.07, 6.45) is 1.62. The van der Waals surface area contributed by atoms with Gasteiger partial charge in [-0.25, -0.2) is 0 Å². The summed E-state index contributed by atoms with van der Waals surface area (Å²) in [5.74, 6) is -0.666. The summed E-state index contributed by atoms with van der Waals surface area (Å²) in [6, 6.07) is 19.3. The molecule has 41 heavy (non-hydrogen) atoms. The van der Waals surface area contributed by atoms with Gasteiger partial charge >= 0.3 is 0 Å². The second-order valence-electron chi connectivity index (χ2n) is 9.02. The number of amides is 1. The maximum Gasteiger partial charge on any atom is 0.274 e. The number of allylic oxidation sites excluding steroid dienone is 1. The highest BCUT2D eigenvalue weighted by molar-refractivity contribution is 7.07. The van der Waals surface area contributed by atoms with Gasteiger partial charge in [-0.15, -0.1) is 11.3 Å². The zero-order valence-corrected chi connectivity index (χ0v) is 22.7. The molecular formula is C30H24N4O6S. The highest BCUT2D eigenvalue weighted by Crippen LogP contribution is 2.38. The molecule has 0 bridgehead atoms. The van der Waals surface area contributed by atoms with Crippen molar-refractivity contribution < 1.29 is 24.5 Å². The smallest absolute Gasteiger partial charge is 0.274 e. The predicted molar refractivity (Wildman–Crippen MR) is 155 cm³/mol. The van der Waals surface area contributed by atoms with Crippen LogP contribution < -0.4 is 35.3 Å². The van der Waals surface area contributed by atoms with Crippen LogP contribution in [0.25, 0.3) is 17.5 Å². The number of phenols is 2. The quantitative estimate of drug-likeness (QED) is 0.276. The number of nitrogens with zero attached hydrogens (tertiary/aromatic N) is 2. The normalized spacial score (nSPS) is 14.8. The molecule has 0 saturated carbocycles. The number of hydrogen-bond donors (Lipinski definition) is 4. The minimum atomic E-state index is -0.940. The lowest BCUT2D eigenvalue weighted by atomic mass is 9.83. The number of thiazole rings is 1. The number of phenolic OH excluding ortho intramolecular Hbond substituents is 2. The molecule has 5 rings (SSSR count). The number of ether oxygens (including phenoxy) is 2. The van der Waals surface area contributed by atoms with Crippen molar-refractivity contribution in [1.82, 2.24) is 4.57 Å². The molecule has 5 N–H and O–H groups in total. The van der Waals surface area contributed by atoms with E-state index in [-0.39, 0.29) is 37.7 Å². The third-order valence-corrected chi connectivity index (χ3v) is 7.70. The van der Waals surface area contributed by atoms with Crippen LogP contribution in [0.1, 0.15) is 17.0 Å². The van der Waals surface area contributed by atoms with Crippen LogP contribution in [0.3, 0.4) is 0 Å². The van der Waals surface area contributed by atoms with E-state index in [4.69, 9.17) is 15.2 Å². The average molecular weight is 569 g/mol. The number of methoxy groups -OCH3 is 2. The van der Waals surface area contributed by atoms with Gasteiger partial charge in [-0.3, -0.25) is 14.2 Å². The fraction of sp³-hybridized carbons (Fsp3) is 0.100. The molecule has 3 aromatic carbocycles. The Morgan fingerprint density at radius 3 is 2.32 bits per heavy atom. The monoisotopic (exact) mass is 568 g/mol. The van der Waals surface area contributed by atoms with Crippen LogP contribution in [0.15, 0.2) is 77.1 Å². The number of nitrogens with two attached hydrogens (primary N) is 1. The Balaban J connectivity index is 1.78. The van der Waals surface area contributed by atoms with Crippen LogP contribution in [-0.2, 0) is 4.79 Å². The topological polar surface area (TPSA) is 160 Å². The maximum absolute atomic E-state index is 14.1. The second-order valence-corrected chi connectivity index (χ2v) is 10.0. The molecule has 2 heterocycles. The molecule has 11 heteroatoms. The van der Waals surface area contributed by atoms with Gasteiger partial charge in [0.2, 0.25) is 0 Å². The van der Waals surface area contributed by atoms with Gasteiger partial charge in [0.05, 0.1) is 47.6 Å². The van der Waals surface area contributed by atoms with Gasteiger partial charge in [0.1, 0.15) is 33.5 Å². The first-order chi connectivity index (χ1) is 19.7. The number of carbonyl (C=O) groups is 1. The standard InChI is InChI=1S/C30H24N4O6S/c1-39-20-11-12-22(23(14-20)40-2)33-28(37)26-25(17-5-9-19(36)10-6-17)21(15-31)27(32)34-29(38)24(41-30(26)34)13-16-3-7-18(35)8-4-16/h3-14,25,35-36H,32H2,1-2H3,(H,33,37)/b24-13-. The minimum absolute atomic E-state index is 0.00567. The molecule has 1 aliphatic heterocycles. The Labute approximate surface area is 237 Å². The second kappa shape index (κ2) is 11.0. The summed E-state index contributed by atoms with van der Waals surface area (Å²) < 4.78 is 12.4. The fourth-order valence-electron chi connectivity index (χ4n) is 4.58. The highest BCUT2D eigenvalue weighted by Gasteiger charge is 2.36. The third-order valence-electron chi connectivity index (χ3n) is 6.59. The van der Waals surface area contributed by atoms with E-state index in [0.29, 0.717) is 28.3 Å². The molecule has 0 aliphatic carbocycles. The van der Waals surface area contributed by atoms with Crippen molar-refractivity contribution in [2.45, 2.75) is 5.92 Å². The number of anilines is 1. The molecule has 10 nitrogen and oxygen atoms in total. The molecule has 1 aromatic heterocycles. The molecule has 0 saturated heterocycles. The first-order valence-electron chi connectivity index (χ1n) is 12.2. The largest absolute Gasteiger partial charge is 0.508 e. The van der Waals surface area contributed by atoms with Gasteiger partial charge < -0.3 is 30.7 Å². The minimum Gasteiger partial charge on any atom is -0.508 e. The molecule has 4 aromatic rings. The van der Waals surface area contributed by atoms with Crippen molar-refractivity contribution in [2.24, 2.45) is 5.73 Å². The van der Waals surface area contributed by atoms with E-state index < -0.39 is 17.4 Å². The Hall–Kier alpha value is -5.47. The molecule has 1 unspecified atom stereocenters. The lowest BCUT2D eigenvalue weighted by molar-refractivity contribution is -0.111. The molecule has 1 amide bonds. The number of hydrogen-bond acceptors (Lipinski definition) is 9. The molecular weight excluding hydrogens is 544 g/mol. The number of carbonyl (C=O) groups excluding carboxylic acids is 1. The van der Waals surface area contributed by atoms with E-state index in [2.05, 4.69) is 11.4 Å². The molecule has 0 spiro atoms. The van der Waals surface area contributed by atoms with E-state index in [0.717, 1.165) is 11.3 Å². The van der Waals surface area contributed by atoms with Gasteiger partial charge in [0.25, 0.3) is 11.5 Å². The molecule has 206 valence electrons. The van der Waals surface area contributed by atoms with Crippen LogP contribution in [-0.4, -0.2) is 34.9 Å². The van der Waals surface area contributed by atoms with Crippen molar-refractivity contribution in [3.63, 3.8) is 0 Å². The van der Waals surface area contributed by atoms with Crippen LogP contribution in [0, 0.1) is 11.3 Å². The number of nitrogens with one attached hydrogen (secondary N) is 1. The van der Waals surface area contributed by atoms with Gasteiger partial charge in [-0.1, -0.05) is 24.3 Å². The predicted octanol–water partition coefficient (Wildman–Crippen LogP) is 2.40. The lowest BCUT2D eigenvalue weighted by Gasteiger charge is -2.25. The van der Waals surface area contributed by atoms with Gasteiger partial charge in [-0.05, 0) is 53.6 Å².